The van der Waals surface area contributed by atoms with Crippen molar-refractivity contribution >= 4 is 11.6 Å². The smallest absolute Gasteiger partial charge is 0.193 e. The van der Waals surface area contributed by atoms with E-state index in [4.69, 9.17) is 21.1 Å². The Labute approximate surface area is 88.0 Å². The molecule has 1 aliphatic heterocycles. The van der Waals surface area contributed by atoms with Crippen molar-refractivity contribution in [3.05, 3.63) is 30.1 Å². The van der Waals surface area contributed by atoms with E-state index in [9.17, 15) is 0 Å². The molecule has 2 unspecified atom stereocenters. The molecule has 4 heteroatoms. The van der Waals surface area contributed by atoms with Crippen LogP contribution >= 0.6 is 11.6 Å². The molecule has 0 amide bonds. The van der Waals surface area contributed by atoms with Crippen molar-refractivity contribution in [3.63, 3.8) is 0 Å². The third-order valence-corrected chi connectivity index (χ3v) is 2.64. The summed E-state index contributed by atoms with van der Waals surface area (Å²) in [7, 11) is 0. The maximum atomic E-state index is 5.70. The SMILES string of the molecule is CC1(c2cccnc2)OCC(CCl)O1. The predicted octanol–water partition coefficient (Wildman–Crippen LogP) is 1.91. The number of hydrogen-bond acceptors (Lipinski definition) is 3. The first-order valence-corrected chi connectivity index (χ1v) is 5.06. The molecule has 0 saturated carbocycles. The lowest BCUT2D eigenvalue weighted by Gasteiger charge is -2.22. The minimum Gasteiger partial charge on any atom is -0.343 e. The summed E-state index contributed by atoms with van der Waals surface area (Å²) in [6, 6.07) is 3.80. The van der Waals surface area contributed by atoms with Crippen molar-refractivity contribution in [1.82, 2.24) is 4.98 Å². The Hall–Kier alpha value is -0.640. The van der Waals surface area contributed by atoms with Gasteiger partial charge in [0, 0.05) is 18.0 Å². The number of halogens is 1. The average Bonchev–Trinajstić information content (AvgIpc) is 2.63. The van der Waals surface area contributed by atoms with Crippen LogP contribution in [0.4, 0.5) is 0 Å². The molecule has 3 nitrogen and oxygen atoms in total. The van der Waals surface area contributed by atoms with E-state index in [2.05, 4.69) is 4.98 Å². The van der Waals surface area contributed by atoms with Crippen molar-refractivity contribution in [2.45, 2.75) is 18.8 Å². The summed E-state index contributed by atoms with van der Waals surface area (Å²) in [5, 5.41) is 0. The summed E-state index contributed by atoms with van der Waals surface area (Å²) in [6.07, 6.45) is 3.44. The van der Waals surface area contributed by atoms with Gasteiger partial charge in [-0.05, 0) is 13.0 Å². The van der Waals surface area contributed by atoms with Crippen molar-refractivity contribution in [2.24, 2.45) is 0 Å². The molecule has 1 aliphatic rings. The molecule has 14 heavy (non-hydrogen) atoms. The highest BCUT2D eigenvalue weighted by molar-refractivity contribution is 6.18. The molecule has 0 aromatic carbocycles. The zero-order chi connectivity index (χ0) is 10.0. The maximum Gasteiger partial charge on any atom is 0.193 e. The summed E-state index contributed by atoms with van der Waals surface area (Å²) >= 11 is 5.70. The summed E-state index contributed by atoms with van der Waals surface area (Å²) < 4.78 is 11.3. The Morgan fingerprint density at radius 1 is 1.71 bits per heavy atom. The second-order valence-corrected chi connectivity index (χ2v) is 3.70. The lowest BCUT2D eigenvalue weighted by molar-refractivity contribution is -0.159. The van der Waals surface area contributed by atoms with Crippen LogP contribution in [0, 0.1) is 0 Å². The first-order valence-electron chi connectivity index (χ1n) is 4.53. The highest BCUT2D eigenvalue weighted by atomic mass is 35.5. The van der Waals surface area contributed by atoms with Crippen LogP contribution in [0.5, 0.6) is 0 Å². The highest BCUT2D eigenvalue weighted by Gasteiger charge is 2.38. The monoisotopic (exact) mass is 213 g/mol. The van der Waals surface area contributed by atoms with Gasteiger partial charge in [-0.3, -0.25) is 4.98 Å². The molecule has 0 spiro atoms. The molecule has 76 valence electrons. The van der Waals surface area contributed by atoms with Gasteiger partial charge in [0.25, 0.3) is 0 Å². The number of hydrogen-bond donors (Lipinski definition) is 0. The van der Waals surface area contributed by atoms with E-state index in [1.54, 1.807) is 12.4 Å². The minimum absolute atomic E-state index is 0.0260. The van der Waals surface area contributed by atoms with Crippen LogP contribution in [0.3, 0.4) is 0 Å². The van der Waals surface area contributed by atoms with Gasteiger partial charge in [-0.15, -0.1) is 11.6 Å². The lowest BCUT2D eigenvalue weighted by Crippen LogP contribution is -2.24. The normalized spacial score (nSPS) is 32.0. The van der Waals surface area contributed by atoms with Crippen LogP contribution < -0.4 is 0 Å². The van der Waals surface area contributed by atoms with E-state index in [0.29, 0.717) is 12.5 Å². The fraction of sp³-hybridized carbons (Fsp3) is 0.500. The van der Waals surface area contributed by atoms with Crippen LogP contribution in [0.1, 0.15) is 12.5 Å². The molecule has 0 bridgehead atoms. The van der Waals surface area contributed by atoms with E-state index in [1.165, 1.54) is 0 Å². The third-order valence-electron chi connectivity index (χ3n) is 2.29. The van der Waals surface area contributed by atoms with E-state index >= 15 is 0 Å². The summed E-state index contributed by atoms with van der Waals surface area (Å²) in [5.74, 6) is -0.232. The van der Waals surface area contributed by atoms with Gasteiger partial charge in [0.2, 0.25) is 0 Å². The van der Waals surface area contributed by atoms with Crippen LogP contribution in [0.2, 0.25) is 0 Å². The van der Waals surface area contributed by atoms with Crippen LogP contribution in [-0.4, -0.2) is 23.6 Å². The standard InChI is InChI=1S/C10H12ClNO2/c1-10(8-3-2-4-12-6-8)13-7-9(5-11)14-10/h2-4,6,9H,5,7H2,1H3. The fourth-order valence-electron chi connectivity index (χ4n) is 1.50. The van der Waals surface area contributed by atoms with Gasteiger partial charge in [0.1, 0.15) is 0 Å². The Kier molecular flexibility index (Phi) is 2.72. The highest BCUT2D eigenvalue weighted by Crippen LogP contribution is 2.33. The molecule has 1 saturated heterocycles. The number of rotatable bonds is 2. The van der Waals surface area contributed by atoms with E-state index in [-0.39, 0.29) is 6.10 Å². The van der Waals surface area contributed by atoms with Gasteiger partial charge in [-0.1, -0.05) is 6.07 Å². The zero-order valence-electron chi connectivity index (χ0n) is 7.94. The van der Waals surface area contributed by atoms with E-state index in [1.807, 2.05) is 19.1 Å². The molecule has 1 aromatic rings. The predicted molar refractivity (Wildman–Crippen MR) is 53.1 cm³/mol. The molecule has 2 atom stereocenters. The molecular weight excluding hydrogens is 202 g/mol. The van der Waals surface area contributed by atoms with E-state index < -0.39 is 5.79 Å². The number of pyridine rings is 1. The third kappa shape index (κ3) is 1.75. The molecule has 0 radical (unpaired) electrons. The number of alkyl halides is 1. The van der Waals surface area contributed by atoms with Crippen molar-refractivity contribution in [1.29, 1.82) is 0 Å². The summed E-state index contributed by atoms with van der Waals surface area (Å²) in [6.45, 7) is 2.42. The minimum atomic E-state index is -0.687. The fourth-order valence-corrected chi connectivity index (χ4v) is 1.65. The second-order valence-electron chi connectivity index (χ2n) is 3.39. The van der Waals surface area contributed by atoms with Crippen LogP contribution in [-0.2, 0) is 15.3 Å². The van der Waals surface area contributed by atoms with Gasteiger partial charge in [-0.2, -0.15) is 0 Å². The molecule has 2 rings (SSSR count). The largest absolute Gasteiger partial charge is 0.343 e. The zero-order valence-corrected chi connectivity index (χ0v) is 8.70. The van der Waals surface area contributed by atoms with Crippen molar-refractivity contribution < 1.29 is 9.47 Å². The van der Waals surface area contributed by atoms with Crippen LogP contribution in [0.25, 0.3) is 0 Å². The molecule has 1 fully saturated rings. The molecule has 0 N–H and O–H groups in total. The Bertz CT molecular complexity index is 306. The van der Waals surface area contributed by atoms with Gasteiger partial charge < -0.3 is 9.47 Å². The van der Waals surface area contributed by atoms with Gasteiger partial charge in [-0.25, -0.2) is 0 Å². The molecule has 1 aromatic heterocycles. The number of aromatic nitrogens is 1. The van der Waals surface area contributed by atoms with Gasteiger partial charge in [0.15, 0.2) is 5.79 Å². The van der Waals surface area contributed by atoms with Crippen molar-refractivity contribution in [2.75, 3.05) is 12.5 Å². The van der Waals surface area contributed by atoms with Gasteiger partial charge in [0.05, 0.1) is 18.6 Å². The molecule has 0 aliphatic carbocycles. The second kappa shape index (κ2) is 3.85. The van der Waals surface area contributed by atoms with Crippen molar-refractivity contribution in [3.8, 4) is 0 Å². The quantitative estimate of drug-likeness (QED) is 0.704. The summed E-state index contributed by atoms with van der Waals surface area (Å²) in [5.41, 5.74) is 0.924. The first-order chi connectivity index (χ1) is 6.74. The Balaban J connectivity index is 2.19. The number of nitrogens with zero attached hydrogens (tertiary/aromatic N) is 1. The first kappa shape index (κ1) is 9.90. The van der Waals surface area contributed by atoms with Crippen LogP contribution in [0.15, 0.2) is 24.5 Å². The number of ether oxygens (including phenoxy) is 2. The summed E-state index contributed by atoms with van der Waals surface area (Å²) in [4.78, 5) is 4.03. The average molecular weight is 214 g/mol. The maximum absolute atomic E-state index is 5.70. The van der Waals surface area contributed by atoms with E-state index in [0.717, 1.165) is 5.56 Å². The van der Waals surface area contributed by atoms with Gasteiger partial charge >= 0.3 is 0 Å². The molecular formula is C10H12ClNO2. The molecule has 2 heterocycles. The Morgan fingerprint density at radius 3 is 3.14 bits per heavy atom. The topological polar surface area (TPSA) is 31.4 Å². The Morgan fingerprint density at radius 2 is 2.57 bits per heavy atom. The lowest BCUT2D eigenvalue weighted by atomic mass is 10.1.